The average Bonchev–Trinajstić information content (AvgIpc) is 2.37. The molecule has 0 amide bonds. The first-order valence-corrected chi connectivity index (χ1v) is 7.20. The van der Waals surface area contributed by atoms with Gasteiger partial charge in [-0.3, -0.25) is 4.79 Å². The summed E-state index contributed by atoms with van der Waals surface area (Å²) in [6.45, 7) is 16.0. The Kier molecular flexibility index (Phi) is 22.4. The van der Waals surface area contributed by atoms with Gasteiger partial charge in [-0.2, -0.15) is 0 Å². The largest absolute Gasteiger partial charge is 0.300 e. The summed E-state index contributed by atoms with van der Waals surface area (Å²) in [5.74, 6) is 1.65. The zero-order chi connectivity index (χ0) is 13.6. The van der Waals surface area contributed by atoms with Crippen molar-refractivity contribution in [1.82, 2.24) is 0 Å². The van der Waals surface area contributed by atoms with Crippen LogP contribution >= 0.6 is 0 Å². The highest BCUT2D eigenvalue weighted by Crippen LogP contribution is 2.28. The van der Waals surface area contributed by atoms with Crippen molar-refractivity contribution in [3.8, 4) is 0 Å². The Hall–Kier alpha value is -0.330. The molecule has 0 atom stereocenters. The summed E-state index contributed by atoms with van der Waals surface area (Å²) < 4.78 is 0. The normalized spacial score (nSPS) is 22.2. The lowest BCUT2D eigenvalue weighted by atomic mass is 9.81. The maximum absolute atomic E-state index is 10.9. The van der Waals surface area contributed by atoms with Gasteiger partial charge < -0.3 is 0 Å². The standard InChI is InChI=1S/C9H16O.3C2H6/c1-7-3-5-9(6-4-7)8(2)10;3*1-2/h7,9H,3-6H2,1-2H3;3*1-2H3. The van der Waals surface area contributed by atoms with E-state index < -0.39 is 0 Å². The number of ketones is 1. The van der Waals surface area contributed by atoms with Crippen LogP contribution in [0.4, 0.5) is 0 Å². The van der Waals surface area contributed by atoms with Crippen LogP contribution in [-0.4, -0.2) is 5.78 Å². The molecule has 0 aromatic heterocycles. The fraction of sp³-hybridized carbons (Fsp3) is 0.933. The van der Waals surface area contributed by atoms with E-state index in [1.807, 2.05) is 41.5 Å². The second-order valence-electron chi connectivity index (χ2n) is 3.57. The SMILES string of the molecule is CC.CC.CC.CC(=O)C1CCC(C)CC1. The van der Waals surface area contributed by atoms with Crippen molar-refractivity contribution in [3.63, 3.8) is 0 Å². The minimum Gasteiger partial charge on any atom is -0.300 e. The Morgan fingerprint density at radius 1 is 0.812 bits per heavy atom. The van der Waals surface area contributed by atoms with Crippen LogP contribution in [0.2, 0.25) is 0 Å². The van der Waals surface area contributed by atoms with E-state index in [2.05, 4.69) is 6.92 Å². The lowest BCUT2D eigenvalue weighted by Crippen LogP contribution is -2.18. The molecule has 0 bridgehead atoms. The van der Waals surface area contributed by atoms with Gasteiger partial charge in [0.15, 0.2) is 0 Å². The van der Waals surface area contributed by atoms with Crippen molar-refractivity contribution in [2.75, 3.05) is 0 Å². The fourth-order valence-electron chi connectivity index (χ4n) is 1.67. The molecule has 0 heterocycles. The zero-order valence-electron chi connectivity index (χ0n) is 12.9. The number of carbonyl (C=O) groups excluding carboxylic acids is 1. The maximum atomic E-state index is 10.9. The molecule has 0 N–H and O–H groups in total. The minimum absolute atomic E-state index is 0.395. The molecule has 1 aliphatic rings. The summed E-state index contributed by atoms with van der Waals surface area (Å²) in [6.07, 6.45) is 4.78. The first-order valence-electron chi connectivity index (χ1n) is 7.20. The molecule has 1 aliphatic carbocycles. The second-order valence-corrected chi connectivity index (χ2v) is 3.57. The van der Waals surface area contributed by atoms with E-state index >= 15 is 0 Å². The van der Waals surface area contributed by atoms with Crippen LogP contribution < -0.4 is 0 Å². The number of Topliss-reactive ketones (excluding diaryl/α,β-unsaturated/α-hetero) is 1. The van der Waals surface area contributed by atoms with E-state index in [1.165, 1.54) is 12.8 Å². The highest BCUT2D eigenvalue weighted by atomic mass is 16.1. The van der Waals surface area contributed by atoms with Gasteiger partial charge in [0.05, 0.1) is 0 Å². The quantitative estimate of drug-likeness (QED) is 0.583. The van der Waals surface area contributed by atoms with Gasteiger partial charge in [0.25, 0.3) is 0 Å². The third-order valence-electron chi connectivity index (χ3n) is 2.59. The van der Waals surface area contributed by atoms with Crippen LogP contribution in [0.15, 0.2) is 0 Å². The maximum Gasteiger partial charge on any atom is 0.132 e. The summed E-state index contributed by atoms with van der Waals surface area (Å²) in [7, 11) is 0. The Morgan fingerprint density at radius 3 is 1.38 bits per heavy atom. The highest BCUT2D eigenvalue weighted by molar-refractivity contribution is 5.78. The molecular weight excluding hydrogens is 196 g/mol. The molecule has 0 spiro atoms. The van der Waals surface area contributed by atoms with E-state index in [0.29, 0.717) is 11.7 Å². The van der Waals surface area contributed by atoms with Crippen molar-refractivity contribution >= 4 is 5.78 Å². The lowest BCUT2D eigenvalue weighted by Gasteiger charge is -2.23. The Morgan fingerprint density at radius 2 is 1.12 bits per heavy atom. The van der Waals surface area contributed by atoms with E-state index in [0.717, 1.165) is 18.8 Å². The molecule has 1 nitrogen and oxygen atoms in total. The molecule has 0 aromatic carbocycles. The Balaban J connectivity index is -0.000000245. The van der Waals surface area contributed by atoms with Gasteiger partial charge >= 0.3 is 0 Å². The molecule has 0 saturated heterocycles. The third-order valence-corrected chi connectivity index (χ3v) is 2.59. The van der Waals surface area contributed by atoms with Crippen molar-refractivity contribution in [2.45, 2.75) is 81.1 Å². The van der Waals surface area contributed by atoms with Crippen molar-refractivity contribution in [1.29, 1.82) is 0 Å². The van der Waals surface area contributed by atoms with Crippen molar-refractivity contribution in [2.24, 2.45) is 11.8 Å². The first-order chi connectivity index (χ1) is 7.70. The summed E-state index contributed by atoms with van der Waals surface area (Å²) in [5.41, 5.74) is 0. The highest BCUT2D eigenvalue weighted by Gasteiger charge is 2.20. The lowest BCUT2D eigenvalue weighted by molar-refractivity contribution is -0.121. The Labute approximate surface area is 104 Å². The second kappa shape index (κ2) is 17.1. The molecule has 0 unspecified atom stereocenters. The molecule has 0 aromatic rings. The summed E-state index contributed by atoms with van der Waals surface area (Å²) >= 11 is 0. The van der Waals surface area contributed by atoms with E-state index in [-0.39, 0.29) is 0 Å². The monoisotopic (exact) mass is 230 g/mol. The molecule has 1 heteroatoms. The molecule has 0 aliphatic heterocycles. The van der Waals surface area contributed by atoms with Crippen LogP contribution in [0.25, 0.3) is 0 Å². The summed E-state index contributed by atoms with van der Waals surface area (Å²) in [5, 5.41) is 0. The van der Waals surface area contributed by atoms with Gasteiger partial charge in [0, 0.05) is 5.92 Å². The van der Waals surface area contributed by atoms with E-state index in [1.54, 1.807) is 6.92 Å². The Bertz CT molecular complexity index is 121. The van der Waals surface area contributed by atoms with E-state index in [9.17, 15) is 4.79 Å². The minimum atomic E-state index is 0.395. The van der Waals surface area contributed by atoms with E-state index in [4.69, 9.17) is 0 Å². The van der Waals surface area contributed by atoms with Crippen molar-refractivity contribution in [3.05, 3.63) is 0 Å². The first kappa shape index (κ1) is 21.0. The van der Waals surface area contributed by atoms with Gasteiger partial charge in [-0.15, -0.1) is 0 Å². The average molecular weight is 230 g/mol. The smallest absolute Gasteiger partial charge is 0.132 e. The van der Waals surface area contributed by atoms with Gasteiger partial charge in [-0.25, -0.2) is 0 Å². The van der Waals surface area contributed by atoms with Crippen LogP contribution in [0.3, 0.4) is 0 Å². The number of hydrogen-bond donors (Lipinski definition) is 0. The summed E-state index contributed by atoms with van der Waals surface area (Å²) in [4.78, 5) is 10.9. The number of carbonyl (C=O) groups is 1. The number of rotatable bonds is 1. The molecular formula is C15H34O. The van der Waals surface area contributed by atoms with Crippen LogP contribution in [0.1, 0.15) is 81.1 Å². The van der Waals surface area contributed by atoms with Gasteiger partial charge in [-0.05, 0) is 25.7 Å². The predicted octanol–water partition coefficient (Wildman–Crippen LogP) is 5.48. The summed E-state index contributed by atoms with van der Waals surface area (Å²) in [6, 6.07) is 0. The molecule has 1 fully saturated rings. The van der Waals surface area contributed by atoms with Gasteiger partial charge in [0.1, 0.15) is 5.78 Å². The number of hydrogen-bond acceptors (Lipinski definition) is 1. The van der Waals surface area contributed by atoms with Crippen LogP contribution in [-0.2, 0) is 4.79 Å². The van der Waals surface area contributed by atoms with Crippen LogP contribution in [0.5, 0.6) is 0 Å². The zero-order valence-corrected chi connectivity index (χ0v) is 12.9. The molecule has 0 radical (unpaired) electrons. The molecule has 16 heavy (non-hydrogen) atoms. The predicted molar refractivity (Wildman–Crippen MR) is 75.8 cm³/mol. The molecule has 1 saturated carbocycles. The topological polar surface area (TPSA) is 17.1 Å². The van der Waals surface area contributed by atoms with Crippen LogP contribution in [0, 0.1) is 11.8 Å². The third kappa shape index (κ3) is 11.7. The molecule has 1 rings (SSSR count). The fourth-order valence-corrected chi connectivity index (χ4v) is 1.67. The molecule has 100 valence electrons. The van der Waals surface area contributed by atoms with Gasteiger partial charge in [0.2, 0.25) is 0 Å². The van der Waals surface area contributed by atoms with Gasteiger partial charge in [-0.1, -0.05) is 61.3 Å². The van der Waals surface area contributed by atoms with Crippen molar-refractivity contribution < 1.29 is 4.79 Å².